The number of aromatic nitrogens is 2. The van der Waals surface area contributed by atoms with Crippen LogP contribution in [0.1, 0.15) is 30.0 Å². The Kier molecular flexibility index (Phi) is 7.76. The van der Waals surface area contributed by atoms with Crippen LogP contribution in [0.15, 0.2) is 85.1 Å². The van der Waals surface area contributed by atoms with E-state index in [1.165, 1.54) is 11.1 Å². The zero-order valence-electron chi connectivity index (χ0n) is 19.8. The molecule has 0 fully saturated rings. The van der Waals surface area contributed by atoms with Gasteiger partial charge in [-0.25, -0.2) is 4.68 Å². The molecule has 0 saturated heterocycles. The molecule has 4 rings (SSSR count). The van der Waals surface area contributed by atoms with Crippen LogP contribution in [0.5, 0.6) is 5.75 Å². The number of benzene rings is 3. The van der Waals surface area contributed by atoms with Crippen molar-refractivity contribution in [2.24, 2.45) is 0 Å². The van der Waals surface area contributed by atoms with Crippen LogP contribution in [0, 0.1) is 6.92 Å². The minimum atomic E-state index is 0.0493. The topological polar surface area (TPSA) is 56.1 Å². The first-order valence-electron chi connectivity index (χ1n) is 11.8. The van der Waals surface area contributed by atoms with E-state index in [1.807, 2.05) is 72.4 Å². The van der Waals surface area contributed by atoms with Crippen LogP contribution in [-0.4, -0.2) is 28.8 Å². The van der Waals surface area contributed by atoms with Gasteiger partial charge in [-0.2, -0.15) is 5.10 Å². The number of nitrogens with one attached hydrogen (secondary N) is 1. The fraction of sp³-hybridized carbons (Fsp3) is 0.241. The maximum Gasteiger partial charge on any atom is 0.220 e. The van der Waals surface area contributed by atoms with Crippen molar-refractivity contribution in [1.82, 2.24) is 15.1 Å². The maximum atomic E-state index is 12.6. The van der Waals surface area contributed by atoms with E-state index in [2.05, 4.69) is 36.5 Å². The smallest absolute Gasteiger partial charge is 0.220 e. The second-order valence-corrected chi connectivity index (χ2v) is 8.33. The van der Waals surface area contributed by atoms with Crippen LogP contribution < -0.4 is 10.1 Å². The van der Waals surface area contributed by atoms with Gasteiger partial charge in [0, 0.05) is 24.7 Å². The number of ether oxygens (including phenoxy) is 1. The van der Waals surface area contributed by atoms with Gasteiger partial charge in [0.15, 0.2) is 0 Å². The standard InChI is InChI=1S/C29H31N3O2/c1-3-34-27-16-11-23(12-17-27)19-20-30-28(33)18-15-25-21-32(26-7-5-4-6-8-26)31-29(25)24-13-9-22(2)10-14-24/h4-14,16-17,21H,3,15,18-20H2,1-2H3,(H,30,33). The first kappa shape index (κ1) is 23.3. The molecule has 0 unspecified atom stereocenters. The average Bonchev–Trinajstić information content (AvgIpc) is 3.29. The molecular formula is C29H31N3O2. The van der Waals surface area contributed by atoms with Gasteiger partial charge in [0.1, 0.15) is 5.75 Å². The highest BCUT2D eigenvalue weighted by molar-refractivity contribution is 5.76. The number of hydrogen-bond donors (Lipinski definition) is 1. The van der Waals surface area contributed by atoms with Gasteiger partial charge in [-0.3, -0.25) is 4.79 Å². The molecule has 0 saturated carbocycles. The van der Waals surface area contributed by atoms with E-state index in [-0.39, 0.29) is 5.91 Å². The van der Waals surface area contributed by atoms with E-state index in [0.29, 0.717) is 26.0 Å². The van der Waals surface area contributed by atoms with E-state index >= 15 is 0 Å². The van der Waals surface area contributed by atoms with E-state index in [1.54, 1.807) is 0 Å². The van der Waals surface area contributed by atoms with Gasteiger partial charge in [-0.15, -0.1) is 0 Å². The molecular weight excluding hydrogens is 422 g/mol. The summed E-state index contributed by atoms with van der Waals surface area (Å²) < 4.78 is 7.38. The summed E-state index contributed by atoms with van der Waals surface area (Å²) in [6.45, 7) is 5.32. The van der Waals surface area contributed by atoms with Crippen LogP contribution in [0.2, 0.25) is 0 Å². The highest BCUT2D eigenvalue weighted by atomic mass is 16.5. The van der Waals surface area contributed by atoms with Crippen molar-refractivity contribution in [1.29, 1.82) is 0 Å². The molecule has 4 aromatic rings. The van der Waals surface area contributed by atoms with Gasteiger partial charge >= 0.3 is 0 Å². The normalized spacial score (nSPS) is 10.8. The lowest BCUT2D eigenvalue weighted by Gasteiger charge is -2.07. The molecule has 0 aliphatic heterocycles. The second kappa shape index (κ2) is 11.3. The largest absolute Gasteiger partial charge is 0.494 e. The molecule has 1 N–H and O–H groups in total. The van der Waals surface area contributed by atoms with E-state index in [9.17, 15) is 4.79 Å². The Morgan fingerprint density at radius 2 is 1.68 bits per heavy atom. The Labute approximate surface area is 201 Å². The Morgan fingerprint density at radius 3 is 2.38 bits per heavy atom. The minimum Gasteiger partial charge on any atom is -0.494 e. The Morgan fingerprint density at radius 1 is 0.941 bits per heavy atom. The molecule has 5 heteroatoms. The number of aryl methyl sites for hydroxylation is 2. The first-order valence-corrected chi connectivity index (χ1v) is 11.8. The summed E-state index contributed by atoms with van der Waals surface area (Å²) in [6.07, 6.45) is 3.88. The molecule has 34 heavy (non-hydrogen) atoms. The number of carbonyl (C=O) groups is 1. The summed E-state index contributed by atoms with van der Waals surface area (Å²) in [5, 5.41) is 7.90. The van der Waals surface area contributed by atoms with Gasteiger partial charge < -0.3 is 10.1 Å². The van der Waals surface area contributed by atoms with Crippen LogP contribution in [0.25, 0.3) is 16.9 Å². The van der Waals surface area contributed by atoms with Gasteiger partial charge in [0.25, 0.3) is 0 Å². The van der Waals surface area contributed by atoms with Crippen molar-refractivity contribution in [3.63, 3.8) is 0 Å². The molecule has 0 atom stereocenters. The fourth-order valence-electron chi connectivity index (χ4n) is 3.86. The third-order valence-electron chi connectivity index (χ3n) is 5.73. The van der Waals surface area contributed by atoms with Crippen LogP contribution in [0.3, 0.4) is 0 Å². The van der Waals surface area contributed by atoms with Crippen LogP contribution in [0.4, 0.5) is 0 Å². The SMILES string of the molecule is CCOc1ccc(CCNC(=O)CCc2cn(-c3ccccc3)nc2-c2ccc(C)cc2)cc1. The maximum absolute atomic E-state index is 12.6. The van der Waals surface area contributed by atoms with E-state index in [0.717, 1.165) is 34.7 Å². The quantitative estimate of drug-likeness (QED) is 0.343. The van der Waals surface area contributed by atoms with Gasteiger partial charge in [-0.1, -0.05) is 60.2 Å². The number of carbonyl (C=O) groups excluding carboxylic acids is 1. The molecule has 1 aromatic heterocycles. The molecule has 5 nitrogen and oxygen atoms in total. The number of para-hydroxylation sites is 1. The van der Waals surface area contributed by atoms with Crippen molar-refractivity contribution in [2.75, 3.05) is 13.2 Å². The molecule has 174 valence electrons. The summed E-state index contributed by atoms with van der Waals surface area (Å²) in [7, 11) is 0. The number of rotatable bonds is 10. The summed E-state index contributed by atoms with van der Waals surface area (Å²) in [6, 6.07) is 26.4. The molecule has 1 amide bonds. The molecule has 0 aliphatic rings. The van der Waals surface area contributed by atoms with Crippen molar-refractivity contribution in [3.8, 4) is 22.7 Å². The van der Waals surface area contributed by atoms with Crippen molar-refractivity contribution in [3.05, 3.63) is 102 Å². The van der Waals surface area contributed by atoms with Crippen molar-refractivity contribution in [2.45, 2.75) is 33.1 Å². The molecule has 0 bridgehead atoms. The van der Waals surface area contributed by atoms with Crippen molar-refractivity contribution < 1.29 is 9.53 Å². The second-order valence-electron chi connectivity index (χ2n) is 8.33. The highest BCUT2D eigenvalue weighted by Crippen LogP contribution is 2.25. The Balaban J connectivity index is 1.38. The third-order valence-corrected chi connectivity index (χ3v) is 5.73. The zero-order valence-corrected chi connectivity index (χ0v) is 19.8. The molecule has 1 heterocycles. The highest BCUT2D eigenvalue weighted by Gasteiger charge is 2.14. The third kappa shape index (κ3) is 6.13. The predicted octanol–water partition coefficient (Wildman–Crippen LogP) is 5.54. The summed E-state index contributed by atoms with van der Waals surface area (Å²) in [5.41, 5.74) is 6.43. The number of nitrogens with zero attached hydrogens (tertiary/aromatic N) is 2. The monoisotopic (exact) mass is 453 g/mol. The van der Waals surface area contributed by atoms with E-state index in [4.69, 9.17) is 9.84 Å². The predicted molar refractivity (Wildman–Crippen MR) is 136 cm³/mol. The molecule has 0 radical (unpaired) electrons. The minimum absolute atomic E-state index is 0.0493. The van der Waals surface area contributed by atoms with Crippen LogP contribution >= 0.6 is 0 Å². The Hall–Kier alpha value is -3.86. The average molecular weight is 454 g/mol. The molecule has 0 spiro atoms. The van der Waals surface area contributed by atoms with Gasteiger partial charge in [0.2, 0.25) is 5.91 Å². The lowest BCUT2D eigenvalue weighted by molar-refractivity contribution is -0.121. The summed E-state index contributed by atoms with van der Waals surface area (Å²) in [4.78, 5) is 12.6. The Bertz CT molecular complexity index is 1200. The lowest BCUT2D eigenvalue weighted by atomic mass is 10.0. The first-order chi connectivity index (χ1) is 16.6. The molecule has 0 aliphatic carbocycles. The number of amides is 1. The number of hydrogen-bond acceptors (Lipinski definition) is 3. The summed E-state index contributed by atoms with van der Waals surface area (Å²) in [5.74, 6) is 0.920. The van der Waals surface area contributed by atoms with Crippen molar-refractivity contribution >= 4 is 5.91 Å². The summed E-state index contributed by atoms with van der Waals surface area (Å²) >= 11 is 0. The molecule has 3 aromatic carbocycles. The van der Waals surface area contributed by atoms with Crippen LogP contribution in [-0.2, 0) is 17.6 Å². The van der Waals surface area contributed by atoms with Gasteiger partial charge in [-0.05, 0) is 62.1 Å². The lowest BCUT2D eigenvalue weighted by Crippen LogP contribution is -2.25. The fourth-order valence-corrected chi connectivity index (χ4v) is 3.86. The van der Waals surface area contributed by atoms with Gasteiger partial charge in [0.05, 0.1) is 18.0 Å². The van der Waals surface area contributed by atoms with E-state index < -0.39 is 0 Å². The zero-order chi connectivity index (χ0) is 23.8.